The van der Waals surface area contributed by atoms with Crippen LogP contribution in [0, 0.1) is 12.7 Å². The molecule has 1 heterocycles. The van der Waals surface area contributed by atoms with E-state index in [2.05, 4.69) is 27.0 Å². The van der Waals surface area contributed by atoms with Crippen molar-refractivity contribution in [2.45, 2.75) is 39.1 Å². The lowest BCUT2D eigenvalue weighted by molar-refractivity contribution is -0.140. The molecule has 1 unspecified atom stereocenters. The number of nitrogens with zero attached hydrogens (tertiary/aromatic N) is 3. The Balaban J connectivity index is 2.00. The lowest BCUT2D eigenvalue weighted by Crippen LogP contribution is -2.19. The summed E-state index contributed by atoms with van der Waals surface area (Å²) in [5.41, 5.74) is -1.22. The first-order chi connectivity index (χ1) is 16.6. The third-order valence-electron chi connectivity index (χ3n) is 5.37. The van der Waals surface area contributed by atoms with Crippen LogP contribution in [0.5, 0.6) is 11.5 Å². The Morgan fingerprint density at radius 1 is 1.11 bits per heavy atom. The van der Waals surface area contributed by atoms with Crippen molar-refractivity contribution in [1.82, 2.24) is 9.97 Å². The zero-order chi connectivity index (χ0) is 25.8. The molecule has 0 amide bonds. The molecule has 188 valence electrons. The first-order valence-electron chi connectivity index (χ1n) is 10.7. The maximum atomic E-state index is 14.7. The molecule has 0 spiro atoms. The van der Waals surface area contributed by atoms with Gasteiger partial charge in [-0.15, -0.1) is 0 Å². The number of benzene rings is 2. The van der Waals surface area contributed by atoms with Gasteiger partial charge in [0.2, 0.25) is 0 Å². The summed E-state index contributed by atoms with van der Waals surface area (Å²) in [6, 6.07) is 5.16. The Hall–Kier alpha value is -3.47. The third kappa shape index (κ3) is 5.97. The summed E-state index contributed by atoms with van der Waals surface area (Å²) >= 11 is 0. The molecule has 11 heteroatoms. The Bertz CT molecular complexity index is 1210. The molecule has 0 aliphatic heterocycles. The Labute approximate surface area is 200 Å². The molecule has 1 N–H and O–H groups in total. The van der Waals surface area contributed by atoms with Gasteiger partial charge in [0.05, 0.1) is 30.0 Å². The van der Waals surface area contributed by atoms with E-state index in [-0.39, 0.29) is 30.5 Å². The number of hydrogen-bond acceptors (Lipinski definition) is 7. The van der Waals surface area contributed by atoms with Gasteiger partial charge >= 0.3 is 6.18 Å². The average molecular weight is 494 g/mol. The molecule has 0 bridgehead atoms. The first kappa shape index (κ1) is 26.1. The molecule has 0 aliphatic carbocycles. The summed E-state index contributed by atoms with van der Waals surface area (Å²) in [5.74, 6) is 0.165. The molecular formula is C24H26F4N4O3. The van der Waals surface area contributed by atoms with Crippen molar-refractivity contribution in [2.75, 3.05) is 26.1 Å². The van der Waals surface area contributed by atoms with Crippen LogP contribution in [0.1, 0.15) is 30.3 Å². The van der Waals surface area contributed by atoms with E-state index >= 15 is 0 Å². The van der Waals surface area contributed by atoms with Crippen LogP contribution < -0.4 is 14.8 Å². The number of aryl methyl sites for hydroxylation is 1. The minimum atomic E-state index is -4.88. The monoisotopic (exact) mass is 494 g/mol. The molecule has 0 fully saturated rings. The molecular weight excluding hydrogens is 468 g/mol. The summed E-state index contributed by atoms with van der Waals surface area (Å²) in [7, 11) is 3.09. The molecule has 0 saturated carbocycles. The van der Waals surface area contributed by atoms with Gasteiger partial charge in [-0.3, -0.25) is 4.99 Å². The fourth-order valence-corrected chi connectivity index (χ4v) is 3.47. The second-order valence-electron chi connectivity index (χ2n) is 7.69. The molecule has 0 saturated heterocycles. The smallest absolute Gasteiger partial charge is 0.419 e. The highest BCUT2D eigenvalue weighted by molar-refractivity contribution is 5.91. The quantitative estimate of drug-likeness (QED) is 0.281. The van der Waals surface area contributed by atoms with E-state index in [0.717, 1.165) is 6.42 Å². The number of fused-ring (bicyclic) bond motifs is 1. The van der Waals surface area contributed by atoms with Crippen LogP contribution >= 0.6 is 0 Å². The zero-order valence-electron chi connectivity index (χ0n) is 19.8. The van der Waals surface area contributed by atoms with Crippen LogP contribution in [0.2, 0.25) is 0 Å². The van der Waals surface area contributed by atoms with Gasteiger partial charge in [0.1, 0.15) is 24.1 Å². The number of methoxy groups -OCH3 is 2. The number of aliphatic imine (C=N–C) groups is 1. The molecule has 0 radical (unpaired) electrons. The van der Waals surface area contributed by atoms with Crippen LogP contribution in [0.3, 0.4) is 0 Å². The Morgan fingerprint density at radius 3 is 2.46 bits per heavy atom. The van der Waals surface area contributed by atoms with Crippen molar-refractivity contribution in [1.29, 1.82) is 0 Å². The number of aromatic nitrogens is 2. The summed E-state index contributed by atoms with van der Waals surface area (Å²) < 4.78 is 71.2. The van der Waals surface area contributed by atoms with E-state index in [0.29, 0.717) is 40.1 Å². The van der Waals surface area contributed by atoms with Gasteiger partial charge in [-0.1, -0.05) is 6.92 Å². The van der Waals surface area contributed by atoms with E-state index < -0.39 is 17.6 Å². The number of ether oxygens (including phenoxy) is 3. The van der Waals surface area contributed by atoms with Crippen molar-refractivity contribution in [3.63, 3.8) is 0 Å². The van der Waals surface area contributed by atoms with Crippen molar-refractivity contribution in [3.05, 3.63) is 47.0 Å². The maximum Gasteiger partial charge on any atom is 0.419 e. The SMILES string of the molecule is C=Nc1cc(CNc2nc(C)nc3cc(OC)c(OCC(CC)OC)cc23)c(F)c(C(F)(F)F)c1. The van der Waals surface area contributed by atoms with E-state index in [9.17, 15) is 17.6 Å². The molecule has 7 nitrogen and oxygen atoms in total. The maximum absolute atomic E-state index is 14.7. The van der Waals surface area contributed by atoms with Gasteiger partial charge in [0, 0.05) is 30.7 Å². The molecule has 1 aromatic heterocycles. The fraction of sp³-hybridized carbons (Fsp3) is 0.375. The fourth-order valence-electron chi connectivity index (χ4n) is 3.47. The third-order valence-corrected chi connectivity index (χ3v) is 5.37. The molecule has 2 aromatic carbocycles. The minimum absolute atomic E-state index is 0.0942. The van der Waals surface area contributed by atoms with E-state index in [4.69, 9.17) is 14.2 Å². The van der Waals surface area contributed by atoms with Crippen molar-refractivity contribution in [2.24, 2.45) is 4.99 Å². The standard InChI is InChI=1S/C24H26F4N4O3/c1-6-16(33-4)12-35-21-9-17-19(10-20(21)34-5)31-13(2)32-23(17)30-11-14-7-15(29-3)8-18(22(14)25)24(26,27)28/h7-10,16H,3,6,11-12H2,1-2,4-5H3,(H,30,31,32). The second-order valence-corrected chi connectivity index (χ2v) is 7.69. The molecule has 35 heavy (non-hydrogen) atoms. The molecule has 0 aliphatic rings. The number of rotatable bonds is 10. The Kier molecular flexibility index (Phi) is 8.11. The first-order valence-corrected chi connectivity index (χ1v) is 10.7. The predicted octanol–water partition coefficient (Wildman–Crippen LogP) is 5.85. The lowest BCUT2D eigenvalue weighted by Gasteiger charge is -2.18. The van der Waals surface area contributed by atoms with Crippen molar-refractivity contribution >= 4 is 29.1 Å². The summed E-state index contributed by atoms with van der Waals surface area (Å²) in [4.78, 5) is 12.3. The van der Waals surface area contributed by atoms with Crippen LogP contribution in [-0.4, -0.2) is 43.6 Å². The summed E-state index contributed by atoms with van der Waals surface area (Å²) in [5, 5.41) is 3.45. The number of hydrogen-bond donors (Lipinski definition) is 1. The topological polar surface area (TPSA) is 77.9 Å². The molecule has 1 atom stereocenters. The highest BCUT2D eigenvalue weighted by Gasteiger charge is 2.35. The number of nitrogens with one attached hydrogen (secondary N) is 1. The van der Waals surface area contributed by atoms with E-state index in [1.807, 2.05) is 6.92 Å². The van der Waals surface area contributed by atoms with Crippen molar-refractivity contribution in [3.8, 4) is 11.5 Å². The molecule has 3 rings (SSSR count). The number of alkyl halides is 3. The average Bonchev–Trinajstić information content (AvgIpc) is 2.82. The predicted molar refractivity (Wildman–Crippen MR) is 125 cm³/mol. The molecule has 3 aromatic rings. The highest BCUT2D eigenvalue weighted by Crippen LogP contribution is 2.37. The van der Waals surface area contributed by atoms with Crippen molar-refractivity contribution < 1.29 is 31.8 Å². The van der Waals surface area contributed by atoms with Crippen LogP contribution in [0.15, 0.2) is 29.3 Å². The minimum Gasteiger partial charge on any atom is -0.493 e. The van der Waals surface area contributed by atoms with E-state index in [1.165, 1.54) is 13.2 Å². The summed E-state index contributed by atoms with van der Waals surface area (Å²) in [6.45, 7) is 6.87. The normalized spacial score (nSPS) is 12.5. The largest absolute Gasteiger partial charge is 0.493 e. The van der Waals surface area contributed by atoms with Gasteiger partial charge in [-0.05, 0) is 38.3 Å². The second kappa shape index (κ2) is 10.9. The van der Waals surface area contributed by atoms with Gasteiger partial charge in [-0.2, -0.15) is 13.2 Å². The van der Waals surface area contributed by atoms with Gasteiger partial charge in [0.25, 0.3) is 0 Å². The van der Waals surface area contributed by atoms with Gasteiger partial charge < -0.3 is 19.5 Å². The zero-order valence-corrected chi connectivity index (χ0v) is 19.8. The van der Waals surface area contributed by atoms with Crippen LogP contribution in [0.4, 0.5) is 29.1 Å². The number of halogens is 4. The van der Waals surface area contributed by atoms with Gasteiger partial charge in [-0.25, -0.2) is 14.4 Å². The lowest BCUT2D eigenvalue weighted by atomic mass is 10.1. The highest BCUT2D eigenvalue weighted by atomic mass is 19.4. The van der Waals surface area contributed by atoms with Gasteiger partial charge in [0.15, 0.2) is 11.5 Å². The van der Waals surface area contributed by atoms with E-state index in [1.54, 1.807) is 26.2 Å². The van der Waals surface area contributed by atoms with Crippen LogP contribution in [-0.2, 0) is 17.5 Å². The number of anilines is 1. The Morgan fingerprint density at radius 2 is 1.86 bits per heavy atom. The summed E-state index contributed by atoms with van der Waals surface area (Å²) in [6.07, 6.45) is -4.26. The van der Waals surface area contributed by atoms with Crippen LogP contribution in [0.25, 0.3) is 10.9 Å².